The van der Waals surface area contributed by atoms with Crippen LogP contribution in [0.25, 0.3) is 10.1 Å². The summed E-state index contributed by atoms with van der Waals surface area (Å²) in [5, 5.41) is 11.7. The molecule has 2 aromatic rings. The molecular formula is C10H8ClFOS. The molecule has 1 aromatic heterocycles. The fourth-order valence-corrected chi connectivity index (χ4v) is 2.54. The van der Waals surface area contributed by atoms with Crippen molar-refractivity contribution in [1.29, 1.82) is 0 Å². The molecule has 0 bridgehead atoms. The van der Waals surface area contributed by atoms with E-state index < -0.39 is 0 Å². The Morgan fingerprint density at radius 1 is 1.50 bits per heavy atom. The van der Waals surface area contributed by atoms with Crippen LogP contribution in [-0.4, -0.2) is 5.11 Å². The van der Waals surface area contributed by atoms with Gasteiger partial charge in [0, 0.05) is 21.2 Å². The lowest BCUT2D eigenvalue weighted by molar-refractivity contribution is 0.277. The zero-order chi connectivity index (χ0) is 10.1. The molecule has 1 aromatic carbocycles. The number of hydrogen-bond donors (Lipinski definition) is 1. The number of aliphatic hydroxyl groups is 1. The van der Waals surface area contributed by atoms with Gasteiger partial charge >= 0.3 is 0 Å². The van der Waals surface area contributed by atoms with E-state index in [9.17, 15) is 4.39 Å². The summed E-state index contributed by atoms with van der Waals surface area (Å²) >= 11 is 7.13. The molecule has 0 aliphatic heterocycles. The second-order valence-electron chi connectivity index (χ2n) is 2.95. The van der Waals surface area contributed by atoms with Crippen molar-refractivity contribution in [3.05, 3.63) is 34.5 Å². The van der Waals surface area contributed by atoms with Gasteiger partial charge in [0.05, 0.1) is 12.5 Å². The van der Waals surface area contributed by atoms with E-state index in [-0.39, 0.29) is 18.3 Å². The van der Waals surface area contributed by atoms with Crippen LogP contribution in [0.5, 0.6) is 0 Å². The molecule has 74 valence electrons. The first-order chi connectivity index (χ1) is 6.77. The van der Waals surface area contributed by atoms with Gasteiger partial charge in [0.15, 0.2) is 0 Å². The molecule has 0 atom stereocenters. The third-order valence-corrected chi connectivity index (χ3v) is 3.33. The van der Waals surface area contributed by atoms with Crippen LogP contribution in [0.1, 0.15) is 11.1 Å². The molecule has 0 radical (unpaired) electrons. The van der Waals surface area contributed by atoms with Gasteiger partial charge in [-0.15, -0.1) is 22.9 Å². The average molecular weight is 231 g/mol. The molecule has 0 aliphatic rings. The van der Waals surface area contributed by atoms with Crippen molar-refractivity contribution in [2.75, 3.05) is 0 Å². The Morgan fingerprint density at radius 2 is 2.29 bits per heavy atom. The Labute approximate surface area is 89.7 Å². The predicted octanol–water partition coefficient (Wildman–Crippen LogP) is 3.27. The summed E-state index contributed by atoms with van der Waals surface area (Å²) in [5.41, 5.74) is 0.796. The van der Waals surface area contributed by atoms with Crippen LogP contribution < -0.4 is 0 Å². The number of rotatable bonds is 2. The molecular weight excluding hydrogens is 223 g/mol. The molecule has 14 heavy (non-hydrogen) atoms. The Bertz CT molecular complexity index is 466. The summed E-state index contributed by atoms with van der Waals surface area (Å²) in [7, 11) is 0. The smallest absolute Gasteiger partial charge is 0.133 e. The lowest BCUT2D eigenvalue weighted by Gasteiger charge is -2.05. The summed E-state index contributed by atoms with van der Waals surface area (Å²) in [5.74, 6) is -0.249. The number of fused-ring (bicyclic) bond motifs is 1. The Balaban J connectivity index is 2.80. The fourth-order valence-electron chi connectivity index (χ4n) is 1.47. The monoisotopic (exact) mass is 230 g/mol. The molecule has 1 heterocycles. The van der Waals surface area contributed by atoms with Crippen molar-refractivity contribution < 1.29 is 9.50 Å². The zero-order valence-electron chi connectivity index (χ0n) is 7.26. The average Bonchev–Trinajstić information content (AvgIpc) is 2.64. The summed E-state index contributed by atoms with van der Waals surface area (Å²) in [4.78, 5) is 0. The van der Waals surface area contributed by atoms with Crippen molar-refractivity contribution in [3.63, 3.8) is 0 Å². The van der Waals surface area contributed by atoms with Crippen LogP contribution in [0.4, 0.5) is 4.39 Å². The highest BCUT2D eigenvalue weighted by atomic mass is 35.5. The van der Waals surface area contributed by atoms with Crippen LogP contribution >= 0.6 is 22.9 Å². The minimum absolute atomic E-state index is 0.132. The SMILES string of the molecule is OCc1c(F)c(CCl)cc2sccc12. The van der Waals surface area contributed by atoms with Gasteiger partial charge in [-0.25, -0.2) is 4.39 Å². The highest BCUT2D eigenvalue weighted by Crippen LogP contribution is 2.29. The lowest BCUT2D eigenvalue weighted by Crippen LogP contribution is -1.95. The molecule has 0 unspecified atom stereocenters. The molecule has 0 saturated carbocycles. The van der Waals surface area contributed by atoms with Crippen molar-refractivity contribution >= 4 is 33.0 Å². The normalized spacial score (nSPS) is 11.1. The second kappa shape index (κ2) is 3.85. The van der Waals surface area contributed by atoms with Gasteiger partial charge < -0.3 is 5.11 Å². The molecule has 0 saturated heterocycles. The quantitative estimate of drug-likeness (QED) is 0.786. The number of hydrogen-bond acceptors (Lipinski definition) is 2. The number of thiophene rings is 1. The van der Waals surface area contributed by atoms with Gasteiger partial charge in [-0.3, -0.25) is 0 Å². The van der Waals surface area contributed by atoms with E-state index in [1.165, 1.54) is 11.3 Å². The number of alkyl halides is 1. The van der Waals surface area contributed by atoms with Crippen LogP contribution in [0.15, 0.2) is 17.5 Å². The minimum Gasteiger partial charge on any atom is -0.392 e. The Morgan fingerprint density at radius 3 is 2.93 bits per heavy atom. The summed E-state index contributed by atoms with van der Waals surface area (Å²) in [6, 6.07) is 3.55. The Hall–Kier alpha value is -0.640. The van der Waals surface area contributed by atoms with Gasteiger partial charge in [0.2, 0.25) is 0 Å². The lowest BCUT2D eigenvalue weighted by atomic mass is 10.1. The van der Waals surface area contributed by atoms with E-state index in [1.54, 1.807) is 6.07 Å². The molecule has 4 heteroatoms. The maximum Gasteiger partial charge on any atom is 0.133 e. The van der Waals surface area contributed by atoms with E-state index in [1.807, 2.05) is 11.4 Å². The Kier molecular flexibility index (Phi) is 2.72. The predicted molar refractivity (Wildman–Crippen MR) is 57.3 cm³/mol. The number of benzene rings is 1. The third kappa shape index (κ3) is 1.41. The highest BCUT2D eigenvalue weighted by Gasteiger charge is 2.12. The topological polar surface area (TPSA) is 20.2 Å². The third-order valence-electron chi connectivity index (χ3n) is 2.17. The first kappa shape index (κ1) is 9.90. The molecule has 0 amide bonds. The van der Waals surface area contributed by atoms with Crippen molar-refractivity contribution in [3.8, 4) is 0 Å². The summed E-state index contributed by atoms with van der Waals surface area (Å²) in [6.07, 6.45) is 0. The number of halogens is 2. The van der Waals surface area contributed by atoms with Crippen molar-refractivity contribution in [2.24, 2.45) is 0 Å². The van der Waals surface area contributed by atoms with Gasteiger partial charge in [-0.1, -0.05) is 0 Å². The fraction of sp³-hybridized carbons (Fsp3) is 0.200. The maximum absolute atomic E-state index is 13.6. The standard InChI is InChI=1S/C10H8ClFOS/c11-4-6-3-9-7(1-2-14-9)8(5-13)10(6)12/h1-3,13H,4-5H2. The molecule has 1 nitrogen and oxygen atoms in total. The van der Waals surface area contributed by atoms with Gasteiger partial charge in [0.1, 0.15) is 5.82 Å². The van der Waals surface area contributed by atoms with Crippen molar-refractivity contribution in [1.82, 2.24) is 0 Å². The molecule has 2 rings (SSSR count). The molecule has 0 spiro atoms. The molecule has 0 aliphatic carbocycles. The largest absolute Gasteiger partial charge is 0.392 e. The number of aliphatic hydroxyl groups excluding tert-OH is 1. The second-order valence-corrected chi connectivity index (χ2v) is 4.17. The minimum atomic E-state index is -0.381. The summed E-state index contributed by atoms with van der Waals surface area (Å²) < 4.78 is 14.6. The zero-order valence-corrected chi connectivity index (χ0v) is 8.83. The van der Waals surface area contributed by atoms with E-state index in [0.717, 1.165) is 10.1 Å². The molecule has 0 fully saturated rings. The van der Waals surface area contributed by atoms with Gasteiger partial charge in [0.25, 0.3) is 0 Å². The van der Waals surface area contributed by atoms with E-state index in [2.05, 4.69) is 0 Å². The first-order valence-corrected chi connectivity index (χ1v) is 5.53. The maximum atomic E-state index is 13.6. The van der Waals surface area contributed by atoms with Crippen LogP contribution in [-0.2, 0) is 12.5 Å². The summed E-state index contributed by atoms with van der Waals surface area (Å²) in [6.45, 7) is -0.288. The van der Waals surface area contributed by atoms with Gasteiger partial charge in [-0.05, 0) is 17.5 Å². The first-order valence-electron chi connectivity index (χ1n) is 4.12. The van der Waals surface area contributed by atoms with Crippen LogP contribution in [0.3, 0.4) is 0 Å². The molecule has 1 N–H and O–H groups in total. The van der Waals surface area contributed by atoms with E-state index in [4.69, 9.17) is 16.7 Å². The van der Waals surface area contributed by atoms with Gasteiger partial charge in [-0.2, -0.15) is 0 Å². The van der Waals surface area contributed by atoms with E-state index in [0.29, 0.717) is 11.1 Å². The van der Waals surface area contributed by atoms with E-state index >= 15 is 0 Å². The van der Waals surface area contributed by atoms with Crippen LogP contribution in [0.2, 0.25) is 0 Å². The highest BCUT2D eigenvalue weighted by molar-refractivity contribution is 7.17. The van der Waals surface area contributed by atoms with Crippen LogP contribution in [0, 0.1) is 5.82 Å². The van der Waals surface area contributed by atoms with Crippen molar-refractivity contribution in [2.45, 2.75) is 12.5 Å².